The smallest absolute Gasteiger partial charge is 0.217 e. The minimum Gasteiger partial charge on any atom is -0.463 e. The van der Waals surface area contributed by atoms with Gasteiger partial charge in [0.2, 0.25) is 11.6 Å². The maximum Gasteiger partial charge on any atom is 0.217 e. The third-order valence-electron chi connectivity index (χ3n) is 2.86. The van der Waals surface area contributed by atoms with Crippen LogP contribution in [-0.2, 0) is 21.9 Å². The summed E-state index contributed by atoms with van der Waals surface area (Å²) < 4.78 is 16.2. The molecule has 1 atom stereocenters. The van der Waals surface area contributed by atoms with Crippen molar-refractivity contribution in [3.05, 3.63) is 29.3 Å². The highest BCUT2D eigenvalue weighted by atomic mass is 16.7. The molecule has 0 radical (unpaired) electrons. The molecule has 0 aliphatic carbocycles. The minimum absolute atomic E-state index is 0.360. The molecule has 2 aliphatic rings. The Labute approximate surface area is 93.7 Å². The van der Waals surface area contributed by atoms with Crippen molar-refractivity contribution in [1.82, 2.24) is 0 Å². The van der Waals surface area contributed by atoms with Gasteiger partial charge in [0.15, 0.2) is 0 Å². The van der Waals surface area contributed by atoms with E-state index in [2.05, 4.69) is 0 Å². The van der Waals surface area contributed by atoms with Crippen molar-refractivity contribution in [2.24, 2.45) is 0 Å². The number of hydrogen-bond donors (Lipinski definition) is 1. The number of benzene rings is 1. The summed E-state index contributed by atoms with van der Waals surface area (Å²) in [7, 11) is 0. The second kappa shape index (κ2) is 2.97. The Morgan fingerprint density at radius 3 is 2.69 bits per heavy atom. The maximum absolute atomic E-state index is 9.80. The van der Waals surface area contributed by atoms with Crippen molar-refractivity contribution >= 4 is 0 Å². The Balaban J connectivity index is 1.95. The number of epoxide rings is 1. The Morgan fingerprint density at radius 1 is 1.25 bits per heavy atom. The lowest BCUT2D eigenvalue weighted by Crippen LogP contribution is -2.35. The Hall–Kier alpha value is -1.10. The van der Waals surface area contributed by atoms with Gasteiger partial charge < -0.3 is 19.3 Å². The van der Waals surface area contributed by atoms with Crippen molar-refractivity contribution in [3.8, 4) is 5.75 Å². The third kappa shape index (κ3) is 1.59. The number of fused-ring (bicyclic) bond motifs is 1. The molecule has 0 saturated carbocycles. The lowest BCUT2D eigenvalue weighted by Gasteiger charge is -2.32. The van der Waals surface area contributed by atoms with Crippen LogP contribution in [0.5, 0.6) is 5.75 Å². The summed E-state index contributed by atoms with van der Waals surface area (Å²) in [6.07, 6.45) is 0. The first-order valence-corrected chi connectivity index (χ1v) is 5.31. The lowest BCUT2D eigenvalue weighted by molar-refractivity contribution is -0.180. The van der Waals surface area contributed by atoms with Gasteiger partial charge in [-0.1, -0.05) is 0 Å². The SMILES string of the molecule is CC1(C)OCc2cc(C3(O)CO3)ccc2O1. The molecular formula is C12H14O4. The largest absolute Gasteiger partial charge is 0.463 e. The van der Waals surface area contributed by atoms with Gasteiger partial charge in [0.05, 0.1) is 6.61 Å². The molecule has 1 fully saturated rings. The lowest BCUT2D eigenvalue weighted by atomic mass is 10.0. The fourth-order valence-electron chi connectivity index (χ4n) is 1.82. The molecule has 2 aliphatic heterocycles. The molecule has 4 heteroatoms. The summed E-state index contributed by atoms with van der Waals surface area (Å²) in [5.41, 5.74) is 1.71. The molecule has 1 aromatic rings. The molecule has 0 aromatic heterocycles. The van der Waals surface area contributed by atoms with E-state index >= 15 is 0 Å². The summed E-state index contributed by atoms with van der Waals surface area (Å²) in [5, 5.41) is 9.80. The first kappa shape index (κ1) is 10.1. The van der Waals surface area contributed by atoms with E-state index in [1.54, 1.807) is 0 Å². The van der Waals surface area contributed by atoms with Gasteiger partial charge in [0, 0.05) is 25.0 Å². The van der Waals surface area contributed by atoms with E-state index in [0.29, 0.717) is 13.2 Å². The first-order valence-electron chi connectivity index (χ1n) is 5.31. The number of rotatable bonds is 1. The number of aliphatic hydroxyl groups is 1. The van der Waals surface area contributed by atoms with Crippen molar-refractivity contribution in [3.63, 3.8) is 0 Å². The molecule has 3 rings (SSSR count). The number of ether oxygens (including phenoxy) is 3. The fraction of sp³-hybridized carbons (Fsp3) is 0.500. The molecule has 1 saturated heterocycles. The van der Waals surface area contributed by atoms with Crippen molar-refractivity contribution in [2.45, 2.75) is 32.0 Å². The molecule has 1 unspecified atom stereocenters. The molecule has 2 heterocycles. The molecule has 1 aromatic carbocycles. The normalized spacial score (nSPS) is 30.4. The van der Waals surface area contributed by atoms with Crippen LogP contribution in [0.2, 0.25) is 0 Å². The van der Waals surface area contributed by atoms with Crippen molar-refractivity contribution in [2.75, 3.05) is 6.61 Å². The third-order valence-corrected chi connectivity index (χ3v) is 2.86. The number of hydrogen-bond acceptors (Lipinski definition) is 4. The van der Waals surface area contributed by atoms with E-state index in [4.69, 9.17) is 14.2 Å². The minimum atomic E-state index is -1.08. The van der Waals surface area contributed by atoms with E-state index in [1.807, 2.05) is 32.0 Å². The van der Waals surface area contributed by atoms with Crippen LogP contribution in [0, 0.1) is 0 Å². The van der Waals surface area contributed by atoms with Crippen LogP contribution in [0.1, 0.15) is 25.0 Å². The Kier molecular flexibility index (Phi) is 1.87. The topological polar surface area (TPSA) is 51.2 Å². The molecule has 16 heavy (non-hydrogen) atoms. The summed E-state index contributed by atoms with van der Waals surface area (Å²) >= 11 is 0. The van der Waals surface area contributed by atoms with Crippen LogP contribution < -0.4 is 4.74 Å². The average molecular weight is 222 g/mol. The summed E-state index contributed by atoms with van der Waals surface area (Å²) in [4.78, 5) is 0. The van der Waals surface area contributed by atoms with Gasteiger partial charge in [0.25, 0.3) is 0 Å². The van der Waals surface area contributed by atoms with Crippen LogP contribution >= 0.6 is 0 Å². The van der Waals surface area contributed by atoms with E-state index in [9.17, 15) is 5.11 Å². The first-order chi connectivity index (χ1) is 7.49. The average Bonchev–Trinajstić information content (AvgIpc) is 2.96. The van der Waals surface area contributed by atoms with Gasteiger partial charge in [-0.3, -0.25) is 0 Å². The van der Waals surface area contributed by atoms with Gasteiger partial charge >= 0.3 is 0 Å². The van der Waals surface area contributed by atoms with Crippen LogP contribution in [0.4, 0.5) is 0 Å². The van der Waals surface area contributed by atoms with Crippen LogP contribution in [0.15, 0.2) is 18.2 Å². The quantitative estimate of drug-likeness (QED) is 0.732. The zero-order valence-electron chi connectivity index (χ0n) is 9.32. The fourth-order valence-corrected chi connectivity index (χ4v) is 1.82. The second-order valence-corrected chi connectivity index (χ2v) is 4.69. The van der Waals surface area contributed by atoms with E-state index < -0.39 is 11.6 Å². The highest BCUT2D eigenvalue weighted by Gasteiger charge is 2.45. The predicted octanol–water partition coefficient (Wildman–Crippen LogP) is 1.51. The summed E-state index contributed by atoms with van der Waals surface area (Å²) in [5.74, 6) is -0.854. The standard InChI is InChI=1S/C12H14O4/c1-11(2)14-6-8-5-9(12(13)7-15-12)3-4-10(8)16-11/h3-5,13H,6-7H2,1-2H3. The van der Waals surface area contributed by atoms with E-state index in [-0.39, 0.29) is 0 Å². The van der Waals surface area contributed by atoms with Gasteiger partial charge in [-0.15, -0.1) is 0 Å². The summed E-state index contributed by atoms with van der Waals surface area (Å²) in [6, 6.07) is 5.55. The Bertz CT molecular complexity index is 435. The van der Waals surface area contributed by atoms with E-state index in [0.717, 1.165) is 16.9 Å². The summed E-state index contributed by atoms with van der Waals surface area (Å²) in [6.45, 7) is 4.61. The Morgan fingerprint density at radius 2 is 2.00 bits per heavy atom. The molecule has 0 spiro atoms. The van der Waals surface area contributed by atoms with Gasteiger partial charge in [-0.2, -0.15) is 0 Å². The van der Waals surface area contributed by atoms with Gasteiger partial charge in [-0.05, 0) is 18.2 Å². The van der Waals surface area contributed by atoms with Crippen LogP contribution in [-0.4, -0.2) is 17.5 Å². The molecule has 86 valence electrons. The van der Waals surface area contributed by atoms with Crippen LogP contribution in [0.25, 0.3) is 0 Å². The molecule has 0 amide bonds. The molecule has 1 N–H and O–H groups in total. The predicted molar refractivity (Wildman–Crippen MR) is 55.8 cm³/mol. The van der Waals surface area contributed by atoms with Gasteiger partial charge in [-0.25, -0.2) is 0 Å². The zero-order valence-corrected chi connectivity index (χ0v) is 9.32. The monoisotopic (exact) mass is 222 g/mol. The molecular weight excluding hydrogens is 208 g/mol. The van der Waals surface area contributed by atoms with E-state index in [1.165, 1.54) is 0 Å². The van der Waals surface area contributed by atoms with Crippen molar-refractivity contribution in [1.29, 1.82) is 0 Å². The second-order valence-electron chi connectivity index (χ2n) is 4.69. The highest BCUT2D eigenvalue weighted by molar-refractivity contribution is 5.40. The van der Waals surface area contributed by atoms with Gasteiger partial charge in [0.1, 0.15) is 12.4 Å². The maximum atomic E-state index is 9.80. The van der Waals surface area contributed by atoms with Crippen LogP contribution in [0.3, 0.4) is 0 Å². The van der Waals surface area contributed by atoms with Crippen molar-refractivity contribution < 1.29 is 19.3 Å². The zero-order chi connectivity index (χ0) is 11.4. The molecule has 4 nitrogen and oxygen atoms in total. The molecule has 0 bridgehead atoms. The highest BCUT2D eigenvalue weighted by Crippen LogP contribution is 2.39.